The Bertz CT molecular complexity index is 743. The van der Waals surface area contributed by atoms with Crippen LogP contribution < -0.4 is 15.5 Å². The van der Waals surface area contributed by atoms with E-state index in [9.17, 15) is 24.0 Å². The molecule has 0 saturated carbocycles. The zero-order valence-electron chi connectivity index (χ0n) is 15.1. The number of esters is 1. The summed E-state index contributed by atoms with van der Waals surface area (Å²) in [6, 6.07) is 4.95. The van der Waals surface area contributed by atoms with Gasteiger partial charge in [-0.25, -0.2) is 9.59 Å². The lowest BCUT2D eigenvalue weighted by molar-refractivity contribution is -0.123. The Kier molecular flexibility index (Phi) is 6.64. The molecule has 0 aliphatic carbocycles. The molecule has 2 rings (SSSR count). The summed E-state index contributed by atoms with van der Waals surface area (Å²) in [5.74, 6) is -2.10. The highest BCUT2D eigenvalue weighted by Crippen LogP contribution is 2.22. The van der Waals surface area contributed by atoms with Gasteiger partial charge in [0.15, 0.2) is 6.61 Å². The van der Waals surface area contributed by atoms with E-state index in [0.717, 1.165) is 4.90 Å². The van der Waals surface area contributed by atoms with Crippen molar-refractivity contribution >= 4 is 35.4 Å². The first-order valence-corrected chi connectivity index (χ1v) is 8.55. The van der Waals surface area contributed by atoms with E-state index >= 15 is 0 Å². The Morgan fingerprint density at radius 2 is 1.70 bits per heavy atom. The maximum Gasteiger partial charge on any atom is 0.338 e. The van der Waals surface area contributed by atoms with Gasteiger partial charge >= 0.3 is 12.0 Å². The van der Waals surface area contributed by atoms with Crippen LogP contribution in [-0.2, 0) is 19.1 Å². The molecule has 1 aliphatic rings. The maximum absolute atomic E-state index is 12.0. The molecule has 0 aromatic heterocycles. The molecular weight excluding hydrogens is 354 g/mol. The average molecular weight is 375 g/mol. The number of benzene rings is 1. The SMILES string of the molecule is CC[C@H](C)NC(=O)NC(=O)COC(=O)c1ccc(N2C(=O)CCC2=O)cc1. The number of hydrogen-bond acceptors (Lipinski definition) is 6. The largest absolute Gasteiger partial charge is 0.452 e. The second kappa shape index (κ2) is 8.93. The standard InChI is InChI=1S/C18H21N3O6/c1-3-11(2)19-18(26)20-14(22)10-27-17(25)12-4-6-13(7-5-12)21-15(23)8-9-16(21)24/h4-7,11H,3,8-10H2,1-2H3,(H2,19,20,22,26)/t11-/m0/s1. The number of amides is 5. The van der Waals surface area contributed by atoms with E-state index in [1.165, 1.54) is 24.3 Å². The predicted octanol–water partition coefficient (Wildman–Crippen LogP) is 1.12. The first-order valence-electron chi connectivity index (χ1n) is 8.55. The topological polar surface area (TPSA) is 122 Å². The van der Waals surface area contributed by atoms with Gasteiger partial charge in [-0.1, -0.05) is 6.92 Å². The summed E-state index contributed by atoms with van der Waals surface area (Å²) < 4.78 is 4.85. The Labute approximate surface area is 156 Å². The van der Waals surface area contributed by atoms with Gasteiger partial charge in [0.2, 0.25) is 11.8 Å². The Morgan fingerprint density at radius 3 is 2.26 bits per heavy atom. The van der Waals surface area contributed by atoms with Gasteiger partial charge in [-0.3, -0.25) is 24.6 Å². The summed E-state index contributed by atoms with van der Waals surface area (Å²) in [5, 5.41) is 4.61. The van der Waals surface area contributed by atoms with Gasteiger partial charge in [-0.15, -0.1) is 0 Å². The number of carbonyl (C=O) groups is 5. The molecule has 9 nitrogen and oxygen atoms in total. The third-order valence-electron chi connectivity index (χ3n) is 3.99. The molecule has 1 saturated heterocycles. The maximum atomic E-state index is 12.0. The molecule has 1 heterocycles. The third kappa shape index (κ3) is 5.37. The lowest BCUT2D eigenvalue weighted by atomic mass is 10.2. The van der Waals surface area contributed by atoms with Crippen molar-refractivity contribution in [3.05, 3.63) is 29.8 Å². The smallest absolute Gasteiger partial charge is 0.338 e. The van der Waals surface area contributed by atoms with E-state index in [1.807, 2.05) is 6.92 Å². The average Bonchev–Trinajstić information content (AvgIpc) is 2.98. The van der Waals surface area contributed by atoms with Crippen molar-refractivity contribution < 1.29 is 28.7 Å². The van der Waals surface area contributed by atoms with E-state index in [1.54, 1.807) is 6.92 Å². The number of hydrogen-bond donors (Lipinski definition) is 2. The highest BCUT2D eigenvalue weighted by atomic mass is 16.5. The molecule has 144 valence electrons. The van der Waals surface area contributed by atoms with Crippen LogP contribution in [0.1, 0.15) is 43.5 Å². The Morgan fingerprint density at radius 1 is 1.11 bits per heavy atom. The van der Waals surface area contributed by atoms with Gasteiger partial charge < -0.3 is 10.1 Å². The molecule has 0 unspecified atom stereocenters. The van der Waals surface area contributed by atoms with Crippen LogP contribution in [0.25, 0.3) is 0 Å². The number of imide groups is 2. The van der Waals surface area contributed by atoms with E-state index in [4.69, 9.17) is 4.74 Å². The normalized spacial score (nSPS) is 14.7. The van der Waals surface area contributed by atoms with E-state index in [2.05, 4.69) is 10.6 Å². The fourth-order valence-corrected chi connectivity index (χ4v) is 2.35. The van der Waals surface area contributed by atoms with Crippen LogP contribution in [0.2, 0.25) is 0 Å². The second-order valence-electron chi connectivity index (χ2n) is 6.08. The predicted molar refractivity (Wildman–Crippen MR) is 94.9 cm³/mol. The van der Waals surface area contributed by atoms with Gasteiger partial charge in [0.05, 0.1) is 11.3 Å². The van der Waals surface area contributed by atoms with Crippen LogP contribution in [0.15, 0.2) is 24.3 Å². The number of carbonyl (C=O) groups excluding carboxylic acids is 5. The Hall–Kier alpha value is -3.23. The third-order valence-corrected chi connectivity index (χ3v) is 3.99. The second-order valence-corrected chi connectivity index (χ2v) is 6.08. The number of urea groups is 1. The number of rotatable bonds is 6. The van der Waals surface area contributed by atoms with Crippen LogP contribution in [0.4, 0.5) is 10.5 Å². The monoisotopic (exact) mass is 375 g/mol. The summed E-state index contributed by atoms with van der Waals surface area (Å²) in [6.45, 7) is 3.06. The molecule has 0 radical (unpaired) electrons. The minimum absolute atomic E-state index is 0.0896. The van der Waals surface area contributed by atoms with E-state index in [-0.39, 0.29) is 36.3 Å². The number of anilines is 1. The summed E-state index contributed by atoms with van der Waals surface area (Å²) in [7, 11) is 0. The Balaban J connectivity index is 1.85. The molecular formula is C18H21N3O6. The summed E-state index contributed by atoms with van der Waals surface area (Å²) in [6.07, 6.45) is 1.05. The lowest BCUT2D eigenvalue weighted by Gasteiger charge is -2.14. The number of nitrogens with zero attached hydrogens (tertiary/aromatic N) is 1. The quantitative estimate of drug-likeness (QED) is 0.568. The van der Waals surface area contributed by atoms with Crippen LogP contribution in [0.3, 0.4) is 0 Å². The van der Waals surface area contributed by atoms with Gasteiger partial charge in [0.25, 0.3) is 5.91 Å². The fourth-order valence-electron chi connectivity index (χ4n) is 2.35. The fraction of sp³-hybridized carbons (Fsp3) is 0.389. The lowest BCUT2D eigenvalue weighted by Crippen LogP contribution is -2.44. The molecule has 1 aromatic rings. The molecule has 0 bridgehead atoms. The van der Waals surface area contributed by atoms with Gasteiger partial charge in [-0.2, -0.15) is 0 Å². The highest BCUT2D eigenvalue weighted by molar-refractivity contribution is 6.19. The number of nitrogens with one attached hydrogen (secondary N) is 2. The molecule has 2 N–H and O–H groups in total. The molecule has 1 aliphatic heterocycles. The first-order chi connectivity index (χ1) is 12.8. The molecule has 9 heteroatoms. The summed E-state index contributed by atoms with van der Waals surface area (Å²) in [5.41, 5.74) is 0.521. The van der Waals surface area contributed by atoms with Crippen LogP contribution in [-0.4, -0.2) is 42.4 Å². The van der Waals surface area contributed by atoms with Crippen molar-refractivity contribution in [2.75, 3.05) is 11.5 Å². The van der Waals surface area contributed by atoms with Gasteiger partial charge in [0.1, 0.15) is 0 Å². The minimum atomic E-state index is -0.766. The minimum Gasteiger partial charge on any atom is -0.452 e. The van der Waals surface area contributed by atoms with Crippen LogP contribution >= 0.6 is 0 Å². The molecule has 0 spiro atoms. The van der Waals surface area contributed by atoms with Crippen molar-refractivity contribution in [3.63, 3.8) is 0 Å². The van der Waals surface area contributed by atoms with Gasteiger partial charge in [-0.05, 0) is 37.6 Å². The molecule has 27 heavy (non-hydrogen) atoms. The summed E-state index contributed by atoms with van der Waals surface area (Å²) >= 11 is 0. The molecule has 1 atom stereocenters. The van der Waals surface area contributed by atoms with Crippen molar-refractivity contribution in [2.45, 2.75) is 39.2 Å². The van der Waals surface area contributed by atoms with Crippen molar-refractivity contribution in [2.24, 2.45) is 0 Å². The first kappa shape index (κ1) is 20.1. The highest BCUT2D eigenvalue weighted by Gasteiger charge is 2.30. The molecule has 1 aromatic carbocycles. The molecule has 5 amide bonds. The van der Waals surface area contributed by atoms with Gasteiger partial charge in [0, 0.05) is 18.9 Å². The van der Waals surface area contributed by atoms with Crippen molar-refractivity contribution in [3.8, 4) is 0 Å². The van der Waals surface area contributed by atoms with Crippen LogP contribution in [0.5, 0.6) is 0 Å². The van der Waals surface area contributed by atoms with Crippen LogP contribution in [0, 0.1) is 0 Å². The number of ether oxygens (including phenoxy) is 1. The van der Waals surface area contributed by atoms with E-state index < -0.39 is 24.5 Å². The van der Waals surface area contributed by atoms with E-state index in [0.29, 0.717) is 12.1 Å². The summed E-state index contributed by atoms with van der Waals surface area (Å²) in [4.78, 5) is 59.6. The zero-order valence-corrected chi connectivity index (χ0v) is 15.1. The van der Waals surface area contributed by atoms with Crippen molar-refractivity contribution in [1.82, 2.24) is 10.6 Å². The molecule has 1 fully saturated rings. The van der Waals surface area contributed by atoms with Crippen molar-refractivity contribution in [1.29, 1.82) is 0 Å². The zero-order chi connectivity index (χ0) is 20.0.